The summed E-state index contributed by atoms with van der Waals surface area (Å²) in [5.74, 6) is -0.253. The number of nitro groups is 1. The third-order valence-corrected chi connectivity index (χ3v) is 4.21. The standard InChI is InChI=1S/C17H12N2O3S/c20-17(18-14-7-9-15(10-8-14)19(21)22)13-5-3-12(4-6-13)16-2-1-11-23-16/h1-11H,(H,18,20). The number of anilines is 1. The number of hydrogen-bond acceptors (Lipinski definition) is 4. The largest absolute Gasteiger partial charge is 0.322 e. The number of hydrogen-bond donors (Lipinski definition) is 1. The van der Waals surface area contributed by atoms with Crippen LogP contribution in [0.2, 0.25) is 0 Å². The van der Waals surface area contributed by atoms with Crippen molar-refractivity contribution in [2.75, 3.05) is 5.32 Å². The summed E-state index contributed by atoms with van der Waals surface area (Å²) >= 11 is 1.64. The molecule has 0 aliphatic carbocycles. The zero-order valence-corrected chi connectivity index (χ0v) is 12.7. The minimum absolute atomic E-state index is 0.0108. The van der Waals surface area contributed by atoms with Gasteiger partial charge in [0.2, 0.25) is 0 Å². The van der Waals surface area contributed by atoms with Crippen molar-refractivity contribution in [3.8, 4) is 10.4 Å². The quantitative estimate of drug-likeness (QED) is 0.564. The van der Waals surface area contributed by atoms with Crippen molar-refractivity contribution < 1.29 is 9.72 Å². The van der Waals surface area contributed by atoms with E-state index in [0.29, 0.717) is 11.3 Å². The van der Waals surface area contributed by atoms with Crippen LogP contribution in [0.3, 0.4) is 0 Å². The van der Waals surface area contributed by atoms with Crippen molar-refractivity contribution in [3.63, 3.8) is 0 Å². The van der Waals surface area contributed by atoms with Crippen LogP contribution in [0.15, 0.2) is 66.0 Å². The Morgan fingerprint density at radius 1 is 1.00 bits per heavy atom. The summed E-state index contributed by atoms with van der Waals surface area (Å²) in [6, 6.07) is 17.1. The van der Waals surface area contributed by atoms with E-state index in [1.807, 2.05) is 29.6 Å². The molecule has 1 aromatic heterocycles. The normalized spacial score (nSPS) is 10.3. The Bertz CT molecular complexity index is 825. The lowest BCUT2D eigenvalue weighted by Crippen LogP contribution is -2.11. The van der Waals surface area contributed by atoms with Gasteiger partial charge >= 0.3 is 0 Å². The van der Waals surface area contributed by atoms with Crippen LogP contribution in [0.5, 0.6) is 0 Å². The van der Waals surface area contributed by atoms with Gasteiger partial charge in [-0.15, -0.1) is 11.3 Å². The summed E-state index contributed by atoms with van der Waals surface area (Å²) in [4.78, 5) is 23.5. The number of rotatable bonds is 4. The second-order valence-electron chi connectivity index (χ2n) is 4.81. The van der Waals surface area contributed by atoms with E-state index < -0.39 is 4.92 Å². The summed E-state index contributed by atoms with van der Waals surface area (Å²) in [6.07, 6.45) is 0. The van der Waals surface area contributed by atoms with Gasteiger partial charge in [0.25, 0.3) is 11.6 Å². The molecule has 1 amide bonds. The van der Waals surface area contributed by atoms with Crippen molar-refractivity contribution in [2.45, 2.75) is 0 Å². The van der Waals surface area contributed by atoms with E-state index in [2.05, 4.69) is 5.32 Å². The topological polar surface area (TPSA) is 72.2 Å². The first-order valence-electron chi connectivity index (χ1n) is 6.83. The molecular formula is C17H12N2O3S. The number of nitrogens with zero attached hydrogens (tertiary/aromatic N) is 1. The third-order valence-electron chi connectivity index (χ3n) is 3.29. The number of thiophene rings is 1. The molecule has 0 atom stereocenters. The van der Waals surface area contributed by atoms with Crippen molar-refractivity contribution in [1.82, 2.24) is 0 Å². The molecule has 6 heteroatoms. The maximum atomic E-state index is 12.2. The molecule has 23 heavy (non-hydrogen) atoms. The number of carbonyl (C=O) groups excluding carboxylic acids is 1. The zero-order valence-electron chi connectivity index (χ0n) is 11.9. The highest BCUT2D eigenvalue weighted by molar-refractivity contribution is 7.13. The maximum absolute atomic E-state index is 12.2. The number of benzene rings is 2. The Labute approximate surface area is 136 Å². The highest BCUT2D eigenvalue weighted by Gasteiger charge is 2.09. The van der Waals surface area contributed by atoms with Gasteiger partial charge in [0, 0.05) is 28.3 Å². The number of nitrogens with one attached hydrogen (secondary N) is 1. The first-order valence-corrected chi connectivity index (χ1v) is 7.71. The fraction of sp³-hybridized carbons (Fsp3) is 0. The minimum Gasteiger partial charge on any atom is -0.322 e. The molecule has 3 rings (SSSR count). The molecular weight excluding hydrogens is 312 g/mol. The summed E-state index contributed by atoms with van der Waals surface area (Å²) in [5, 5.41) is 15.3. The van der Waals surface area contributed by atoms with Crippen molar-refractivity contribution in [2.24, 2.45) is 0 Å². The molecule has 0 aliphatic rings. The zero-order chi connectivity index (χ0) is 16.2. The first kappa shape index (κ1) is 14.9. The molecule has 0 bridgehead atoms. The molecule has 0 radical (unpaired) electrons. The Hall–Kier alpha value is -2.99. The maximum Gasteiger partial charge on any atom is 0.269 e. The van der Waals surface area contributed by atoms with Crippen LogP contribution in [-0.4, -0.2) is 10.8 Å². The number of nitro benzene ring substituents is 1. The van der Waals surface area contributed by atoms with Gasteiger partial charge in [0.05, 0.1) is 4.92 Å². The highest BCUT2D eigenvalue weighted by atomic mass is 32.1. The van der Waals surface area contributed by atoms with Crippen LogP contribution >= 0.6 is 11.3 Å². The SMILES string of the molecule is O=C(Nc1ccc([N+](=O)[O-])cc1)c1ccc(-c2cccs2)cc1. The molecule has 0 fully saturated rings. The molecule has 5 nitrogen and oxygen atoms in total. The predicted molar refractivity (Wildman–Crippen MR) is 90.8 cm³/mol. The minimum atomic E-state index is -0.477. The predicted octanol–water partition coefficient (Wildman–Crippen LogP) is 4.58. The Kier molecular flexibility index (Phi) is 4.16. The molecule has 0 saturated carbocycles. The molecule has 0 aliphatic heterocycles. The third kappa shape index (κ3) is 3.44. The van der Waals surface area contributed by atoms with Gasteiger partial charge in [-0.3, -0.25) is 14.9 Å². The summed E-state index contributed by atoms with van der Waals surface area (Å²) < 4.78 is 0. The first-order chi connectivity index (χ1) is 11.1. The van der Waals surface area contributed by atoms with E-state index in [9.17, 15) is 14.9 Å². The van der Waals surface area contributed by atoms with Crippen LogP contribution in [0.25, 0.3) is 10.4 Å². The van der Waals surface area contributed by atoms with Crippen molar-refractivity contribution in [3.05, 3.63) is 81.7 Å². The van der Waals surface area contributed by atoms with Gasteiger partial charge in [-0.2, -0.15) is 0 Å². The second kappa shape index (κ2) is 6.41. The Morgan fingerprint density at radius 3 is 2.26 bits per heavy atom. The van der Waals surface area contributed by atoms with E-state index in [1.165, 1.54) is 24.3 Å². The fourth-order valence-corrected chi connectivity index (χ4v) is 2.83. The van der Waals surface area contributed by atoms with E-state index in [1.54, 1.807) is 23.5 Å². The fourth-order valence-electron chi connectivity index (χ4n) is 2.10. The van der Waals surface area contributed by atoms with E-state index in [4.69, 9.17) is 0 Å². The highest BCUT2D eigenvalue weighted by Crippen LogP contribution is 2.25. The van der Waals surface area contributed by atoms with Crippen LogP contribution < -0.4 is 5.32 Å². The van der Waals surface area contributed by atoms with Gasteiger partial charge in [0.15, 0.2) is 0 Å². The van der Waals surface area contributed by atoms with Crippen LogP contribution in [-0.2, 0) is 0 Å². The van der Waals surface area contributed by atoms with Gasteiger partial charge < -0.3 is 5.32 Å². The molecule has 0 saturated heterocycles. The average molecular weight is 324 g/mol. The number of amides is 1. The van der Waals surface area contributed by atoms with Gasteiger partial charge in [-0.05, 0) is 41.3 Å². The molecule has 0 unspecified atom stereocenters. The molecule has 0 spiro atoms. The summed E-state index contributed by atoms with van der Waals surface area (Å²) in [7, 11) is 0. The van der Waals surface area contributed by atoms with Crippen LogP contribution in [0.1, 0.15) is 10.4 Å². The van der Waals surface area contributed by atoms with Gasteiger partial charge in [-0.25, -0.2) is 0 Å². The summed E-state index contributed by atoms with van der Waals surface area (Å²) in [6.45, 7) is 0. The monoisotopic (exact) mass is 324 g/mol. The van der Waals surface area contributed by atoms with E-state index in [-0.39, 0.29) is 11.6 Å². The second-order valence-corrected chi connectivity index (χ2v) is 5.76. The molecule has 1 N–H and O–H groups in total. The molecule has 114 valence electrons. The van der Waals surface area contributed by atoms with E-state index >= 15 is 0 Å². The van der Waals surface area contributed by atoms with Gasteiger partial charge in [0.1, 0.15) is 0 Å². The van der Waals surface area contributed by atoms with Crippen LogP contribution in [0, 0.1) is 10.1 Å². The Morgan fingerprint density at radius 2 is 1.70 bits per heavy atom. The van der Waals surface area contributed by atoms with Gasteiger partial charge in [-0.1, -0.05) is 18.2 Å². The molecule has 3 aromatic rings. The van der Waals surface area contributed by atoms with Crippen molar-refractivity contribution >= 4 is 28.6 Å². The average Bonchev–Trinajstić information content (AvgIpc) is 3.10. The van der Waals surface area contributed by atoms with E-state index in [0.717, 1.165) is 10.4 Å². The molecule has 2 aromatic carbocycles. The number of non-ortho nitro benzene ring substituents is 1. The Balaban J connectivity index is 1.71. The summed E-state index contributed by atoms with van der Waals surface area (Å²) in [5.41, 5.74) is 2.10. The smallest absolute Gasteiger partial charge is 0.269 e. The lowest BCUT2D eigenvalue weighted by molar-refractivity contribution is -0.384. The van der Waals surface area contributed by atoms with Crippen molar-refractivity contribution in [1.29, 1.82) is 0 Å². The van der Waals surface area contributed by atoms with Crippen LogP contribution in [0.4, 0.5) is 11.4 Å². The number of carbonyl (C=O) groups is 1. The lowest BCUT2D eigenvalue weighted by Gasteiger charge is -2.06. The molecule has 1 heterocycles. The lowest BCUT2D eigenvalue weighted by atomic mass is 10.1.